The summed E-state index contributed by atoms with van der Waals surface area (Å²) in [7, 11) is 0. The Hall–Kier alpha value is -5.82. The van der Waals surface area contributed by atoms with Crippen molar-refractivity contribution in [2.45, 2.75) is 117 Å². The molecule has 2 aromatic carbocycles. The summed E-state index contributed by atoms with van der Waals surface area (Å²) in [5.41, 5.74) is 0.631. The van der Waals surface area contributed by atoms with Gasteiger partial charge < -0.3 is 54.2 Å². The van der Waals surface area contributed by atoms with Gasteiger partial charge in [-0.3, -0.25) is 14.5 Å². The van der Waals surface area contributed by atoms with E-state index in [0.29, 0.717) is 57.3 Å². The third-order valence-electron chi connectivity index (χ3n) is 10.9. The van der Waals surface area contributed by atoms with E-state index in [1.165, 1.54) is 9.80 Å². The van der Waals surface area contributed by atoms with E-state index in [4.69, 9.17) is 9.47 Å². The molecule has 0 unspecified atom stereocenters. The smallest absolute Gasteiger partial charge is 0.411 e. The lowest BCUT2D eigenvalue weighted by Crippen LogP contribution is -2.62. The van der Waals surface area contributed by atoms with Crippen molar-refractivity contribution in [1.29, 1.82) is 0 Å². The molecule has 4 heterocycles. The van der Waals surface area contributed by atoms with Crippen molar-refractivity contribution in [1.82, 2.24) is 49.3 Å². The highest BCUT2D eigenvalue weighted by molar-refractivity contribution is 5.87. The maximum Gasteiger partial charge on any atom is 0.411 e. The SMILES string of the molecule is CC(C)(C)OC(=O)N1CCN(C(=O)OC(C)(C)C)[C@@H](C(=O)N(CCCn2ccnc2CO)Cc2ccccc2)C1.O=C([C@H]1CNCCN1)N(CCCn1ccnc1CO)Cc1ccccc1. The van der Waals surface area contributed by atoms with E-state index in [-0.39, 0.29) is 50.7 Å². The van der Waals surface area contributed by atoms with Crippen LogP contribution in [0.3, 0.4) is 0 Å². The number of benzene rings is 2. The number of rotatable bonds is 16. The third kappa shape index (κ3) is 16.0. The molecule has 0 spiro atoms. The molecule has 360 valence electrons. The molecule has 4 aromatic rings. The molecule has 0 radical (unpaired) electrons. The number of hydrogen-bond donors (Lipinski definition) is 4. The molecule has 2 aliphatic heterocycles. The first-order valence-corrected chi connectivity index (χ1v) is 22.8. The number of imidazole rings is 2. The van der Waals surface area contributed by atoms with Gasteiger partial charge in [0.2, 0.25) is 11.8 Å². The van der Waals surface area contributed by atoms with Crippen molar-refractivity contribution < 1.29 is 38.9 Å². The lowest BCUT2D eigenvalue weighted by atomic mass is 10.1. The van der Waals surface area contributed by atoms with Gasteiger partial charge in [0, 0.05) is 96.8 Å². The Morgan fingerprint density at radius 3 is 1.67 bits per heavy atom. The maximum atomic E-state index is 14.2. The Balaban J connectivity index is 0.000000270. The van der Waals surface area contributed by atoms with Gasteiger partial charge in [0.25, 0.3) is 0 Å². The fourth-order valence-corrected chi connectivity index (χ4v) is 7.68. The summed E-state index contributed by atoms with van der Waals surface area (Å²) in [5.74, 6) is 1.06. The van der Waals surface area contributed by atoms with Gasteiger partial charge in [-0.15, -0.1) is 0 Å². The Morgan fingerprint density at radius 2 is 1.20 bits per heavy atom. The molecule has 0 aliphatic carbocycles. The van der Waals surface area contributed by atoms with Crippen molar-refractivity contribution in [3.05, 3.63) is 108 Å². The number of aryl methyl sites for hydroxylation is 2. The number of aliphatic hydroxyl groups excluding tert-OH is 2. The molecule has 4 N–H and O–H groups in total. The van der Waals surface area contributed by atoms with Crippen molar-refractivity contribution in [3.63, 3.8) is 0 Å². The molecular formula is C48H70N10O8. The van der Waals surface area contributed by atoms with Crippen LogP contribution in [0.1, 0.15) is 77.2 Å². The highest BCUT2D eigenvalue weighted by Gasteiger charge is 2.41. The number of amides is 4. The molecule has 18 nitrogen and oxygen atoms in total. The van der Waals surface area contributed by atoms with Crippen LogP contribution in [0.15, 0.2) is 85.5 Å². The van der Waals surface area contributed by atoms with E-state index in [2.05, 4.69) is 20.6 Å². The van der Waals surface area contributed by atoms with Crippen LogP contribution in [0.25, 0.3) is 0 Å². The maximum absolute atomic E-state index is 14.2. The third-order valence-corrected chi connectivity index (χ3v) is 10.9. The van der Waals surface area contributed by atoms with Gasteiger partial charge >= 0.3 is 12.2 Å². The molecule has 18 heteroatoms. The molecule has 66 heavy (non-hydrogen) atoms. The lowest BCUT2D eigenvalue weighted by Gasteiger charge is -2.42. The molecule has 2 fully saturated rings. The van der Waals surface area contributed by atoms with Crippen LogP contribution in [0.2, 0.25) is 0 Å². The second-order valence-corrected chi connectivity index (χ2v) is 18.4. The molecule has 6 rings (SSSR count). The highest BCUT2D eigenvalue weighted by Crippen LogP contribution is 2.21. The largest absolute Gasteiger partial charge is 0.444 e. The van der Waals surface area contributed by atoms with E-state index in [9.17, 15) is 29.4 Å². The van der Waals surface area contributed by atoms with E-state index in [1.807, 2.05) is 80.9 Å². The minimum absolute atomic E-state index is 0.00550. The van der Waals surface area contributed by atoms with E-state index in [0.717, 1.165) is 37.2 Å². The summed E-state index contributed by atoms with van der Waals surface area (Å²) in [4.78, 5) is 68.1. The molecule has 0 saturated carbocycles. The van der Waals surface area contributed by atoms with Crippen molar-refractivity contribution >= 4 is 24.0 Å². The zero-order chi connectivity index (χ0) is 47.7. The number of aromatic nitrogens is 4. The van der Waals surface area contributed by atoms with E-state index >= 15 is 0 Å². The van der Waals surface area contributed by atoms with Gasteiger partial charge in [-0.1, -0.05) is 60.7 Å². The topological polar surface area (TPSA) is 200 Å². The summed E-state index contributed by atoms with van der Waals surface area (Å²) >= 11 is 0. The quantitative estimate of drug-likeness (QED) is 0.126. The first-order chi connectivity index (χ1) is 31.5. The fraction of sp³-hybridized carbons (Fsp3) is 0.542. The normalized spacial score (nSPS) is 16.5. The van der Waals surface area contributed by atoms with Crippen LogP contribution in [0.5, 0.6) is 0 Å². The Bertz CT molecular complexity index is 2110. The number of nitrogens with zero attached hydrogens (tertiary/aromatic N) is 8. The number of carbonyl (C=O) groups is 4. The first-order valence-electron chi connectivity index (χ1n) is 22.8. The van der Waals surface area contributed by atoms with Crippen molar-refractivity contribution in [3.8, 4) is 0 Å². The van der Waals surface area contributed by atoms with Gasteiger partial charge in [0.15, 0.2) is 0 Å². The van der Waals surface area contributed by atoms with Crippen LogP contribution in [-0.2, 0) is 58.5 Å². The van der Waals surface area contributed by atoms with Gasteiger partial charge in [-0.05, 0) is 65.5 Å². The summed E-state index contributed by atoms with van der Waals surface area (Å²) < 4.78 is 15.0. The van der Waals surface area contributed by atoms with Crippen LogP contribution >= 0.6 is 0 Å². The second-order valence-electron chi connectivity index (χ2n) is 18.4. The summed E-state index contributed by atoms with van der Waals surface area (Å²) in [6.45, 7) is 16.4. The highest BCUT2D eigenvalue weighted by atomic mass is 16.6. The summed E-state index contributed by atoms with van der Waals surface area (Å²) in [6, 6.07) is 18.6. The fourth-order valence-electron chi connectivity index (χ4n) is 7.68. The first kappa shape index (κ1) is 51.2. The minimum atomic E-state index is -0.943. The number of ether oxygens (including phenoxy) is 2. The molecule has 2 aromatic heterocycles. The van der Waals surface area contributed by atoms with Crippen molar-refractivity contribution in [2.24, 2.45) is 0 Å². The average molecular weight is 915 g/mol. The Kier molecular flexibility index (Phi) is 19.1. The van der Waals surface area contributed by atoms with Crippen LogP contribution in [0, 0.1) is 0 Å². The summed E-state index contributed by atoms with van der Waals surface area (Å²) in [5, 5.41) is 25.4. The molecular weight excluding hydrogens is 845 g/mol. The second kappa shape index (κ2) is 24.6. The summed E-state index contributed by atoms with van der Waals surface area (Å²) in [6.07, 6.45) is 7.25. The van der Waals surface area contributed by atoms with Gasteiger partial charge in [-0.2, -0.15) is 0 Å². The molecule has 2 saturated heterocycles. The predicted molar refractivity (Wildman–Crippen MR) is 248 cm³/mol. The van der Waals surface area contributed by atoms with Crippen LogP contribution < -0.4 is 10.6 Å². The Morgan fingerprint density at radius 1 is 0.697 bits per heavy atom. The average Bonchev–Trinajstić information content (AvgIpc) is 3.97. The zero-order valence-electron chi connectivity index (χ0n) is 39.5. The number of piperazine rings is 2. The Labute approximate surface area is 388 Å². The molecule has 2 aliphatic rings. The van der Waals surface area contributed by atoms with Gasteiger partial charge in [0.1, 0.15) is 42.1 Å². The van der Waals surface area contributed by atoms with E-state index < -0.39 is 29.4 Å². The monoisotopic (exact) mass is 915 g/mol. The van der Waals surface area contributed by atoms with Gasteiger partial charge in [0.05, 0.1) is 12.6 Å². The number of nitrogens with one attached hydrogen (secondary N) is 2. The molecule has 4 amide bonds. The van der Waals surface area contributed by atoms with Crippen LogP contribution in [0.4, 0.5) is 9.59 Å². The molecule has 2 atom stereocenters. The molecule has 0 bridgehead atoms. The lowest BCUT2D eigenvalue weighted by molar-refractivity contribution is -0.140. The standard InChI is InChI=1S/C29H43N5O6.C19H27N5O2/c1-28(2,3)39-26(37)33-17-18-34(27(38)40-29(4,5)6)23(20-33)25(36)32(19-22-11-8-7-9-12-22)15-10-14-31-16-13-30-24(31)21-35;25-15-18-22-9-12-23(18)10-4-11-24(14-16-5-2-1-3-6-16)19(26)17-13-20-7-8-21-17/h7-9,11-13,16,23,35H,10,14-15,17-21H2,1-6H3;1-3,5-6,9,12,17,20-21,25H,4,7-8,10-11,13-15H2/t23-;17-/m11/s1. The minimum Gasteiger partial charge on any atom is -0.444 e. The number of carbonyl (C=O) groups excluding carboxylic acids is 4. The predicted octanol–water partition coefficient (Wildman–Crippen LogP) is 4.01. The van der Waals surface area contributed by atoms with E-state index in [1.54, 1.807) is 65.0 Å². The zero-order valence-corrected chi connectivity index (χ0v) is 39.5. The van der Waals surface area contributed by atoms with Crippen LogP contribution in [-0.4, -0.2) is 149 Å². The number of aliphatic hydroxyl groups is 2. The van der Waals surface area contributed by atoms with Gasteiger partial charge in [-0.25, -0.2) is 19.6 Å². The van der Waals surface area contributed by atoms with Crippen molar-refractivity contribution in [2.75, 3.05) is 52.4 Å². The number of hydrogen-bond acceptors (Lipinski definition) is 12.